The van der Waals surface area contributed by atoms with Gasteiger partial charge >= 0.3 is 6.03 Å². The third kappa shape index (κ3) is 5.23. The summed E-state index contributed by atoms with van der Waals surface area (Å²) in [5, 5.41) is 14.6. The molecule has 1 aromatic heterocycles. The minimum Gasteiger partial charge on any atom is -0.376 e. The Kier molecular flexibility index (Phi) is 6.24. The fraction of sp³-hybridized carbons (Fsp3) is 0.500. The molecule has 0 spiro atoms. The van der Waals surface area contributed by atoms with Crippen LogP contribution in [0.1, 0.15) is 32.6 Å². The molecular weight excluding hydrogens is 366 g/mol. The molecule has 2 aliphatic heterocycles. The van der Waals surface area contributed by atoms with E-state index in [0.717, 1.165) is 61.2 Å². The predicted molar refractivity (Wildman–Crippen MR) is 114 cm³/mol. The second-order valence-electron chi connectivity index (χ2n) is 8.00. The summed E-state index contributed by atoms with van der Waals surface area (Å²) in [6, 6.07) is 11.5. The summed E-state index contributed by atoms with van der Waals surface area (Å²) in [6.07, 6.45) is 4.59. The maximum absolute atomic E-state index is 12.1. The Bertz CT molecular complexity index is 812. The molecule has 7 heteroatoms. The molecule has 1 aromatic carbocycles. The fourth-order valence-corrected chi connectivity index (χ4v) is 3.83. The molecule has 2 aliphatic rings. The van der Waals surface area contributed by atoms with Crippen molar-refractivity contribution in [2.45, 2.75) is 38.7 Å². The monoisotopic (exact) mass is 395 g/mol. The standard InChI is InChI=1S/C22H29N5O2/c1-16-9-11-27(12-10-16)21-8-7-20(25-26-21)17-4-2-5-18(14-17)24-22(28)23-15-19-6-3-13-29-19/h2,4-5,7-8,14,16,19H,3,6,9-13,15H2,1H3,(H2,23,24,28). The molecule has 154 valence electrons. The third-order valence-corrected chi connectivity index (χ3v) is 5.69. The van der Waals surface area contributed by atoms with E-state index in [-0.39, 0.29) is 12.1 Å². The van der Waals surface area contributed by atoms with Crippen LogP contribution in [0.5, 0.6) is 0 Å². The number of urea groups is 1. The van der Waals surface area contributed by atoms with Gasteiger partial charge in [0.25, 0.3) is 0 Å². The van der Waals surface area contributed by atoms with E-state index < -0.39 is 0 Å². The second-order valence-corrected chi connectivity index (χ2v) is 8.00. The van der Waals surface area contributed by atoms with E-state index in [4.69, 9.17) is 4.74 Å². The summed E-state index contributed by atoms with van der Waals surface area (Å²) in [6.45, 7) is 5.70. The van der Waals surface area contributed by atoms with Gasteiger partial charge in [-0.1, -0.05) is 19.1 Å². The normalized spacial score (nSPS) is 19.9. The van der Waals surface area contributed by atoms with Gasteiger partial charge in [0.2, 0.25) is 0 Å². The van der Waals surface area contributed by atoms with Crippen molar-refractivity contribution in [1.82, 2.24) is 15.5 Å². The van der Waals surface area contributed by atoms with Crippen molar-refractivity contribution in [2.24, 2.45) is 5.92 Å². The number of amides is 2. The maximum atomic E-state index is 12.1. The van der Waals surface area contributed by atoms with Crippen LogP contribution >= 0.6 is 0 Å². The second kappa shape index (κ2) is 9.22. The van der Waals surface area contributed by atoms with Gasteiger partial charge in [0.05, 0.1) is 11.8 Å². The first kappa shape index (κ1) is 19.6. The lowest BCUT2D eigenvalue weighted by Gasteiger charge is -2.30. The number of anilines is 2. The molecule has 2 fully saturated rings. The van der Waals surface area contributed by atoms with Crippen molar-refractivity contribution in [3.8, 4) is 11.3 Å². The number of benzene rings is 1. The van der Waals surface area contributed by atoms with Gasteiger partial charge in [-0.05, 0) is 55.9 Å². The Labute approximate surface area is 171 Å². The van der Waals surface area contributed by atoms with Gasteiger partial charge in [-0.15, -0.1) is 10.2 Å². The average molecular weight is 396 g/mol. The van der Waals surface area contributed by atoms with E-state index in [1.54, 1.807) is 0 Å². The molecule has 7 nitrogen and oxygen atoms in total. The quantitative estimate of drug-likeness (QED) is 0.807. The molecule has 2 N–H and O–H groups in total. The smallest absolute Gasteiger partial charge is 0.319 e. The van der Waals surface area contributed by atoms with E-state index in [2.05, 4.69) is 32.7 Å². The van der Waals surface area contributed by atoms with E-state index in [9.17, 15) is 4.79 Å². The molecule has 0 radical (unpaired) electrons. The van der Waals surface area contributed by atoms with Crippen molar-refractivity contribution < 1.29 is 9.53 Å². The topological polar surface area (TPSA) is 79.4 Å². The van der Waals surface area contributed by atoms with Gasteiger partial charge in [0.15, 0.2) is 5.82 Å². The Morgan fingerprint density at radius 3 is 2.76 bits per heavy atom. The van der Waals surface area contributed by atoms with Crippen LogP contribution < -0.4 is 15.5 Å². The lowest BCUT2D eigenvalue weighted by Crippen LogP contribution is -2.35. The molecular formula is C22H29N5O2. The van der Waals surface area contributed by atoms with Crippen LogP contribution in [0.15, 0.2) is 36.4 Å². The van der Waals surface area contributed by atoms with Gasteiger partial charge in [-0.2, -0.15) is 0 Å². The summed E-state index contributed by atoms with van der Waals surface area (Å²) in [4.78, 5) is 14.4. The van der Waals surface area contributed by atoms with Gasteiger partial charge in [0, 0.05) is 37.5 Å². The number of carbonyl (C=O) groups is 1. The number of aromatic nitrogens is 2. The van der Waals surface area contributed by atoms with Crippen LogP contribution in [0.3, 0.4) is 0 Å². The summed E-state index contributed by atoms with van der Waals surface area (Å²) >= 11 is 0. The molecule has 0 aliphatic carbocycles. The van der Waals surface area contributed by atoms with Crippen LogP contribution in [-0.4, -0.2) is 48.6 Å². The van der Waals surface area contributed by atoms with Crippen molar-refractivity contribution in [1.29, 1.82) is 0 Å². The Morgan fingerprint density at radius 1 is 1.17 bits per heavy atom. The molecule has 0 saturated carbocycles. The van der Waals surface area contributed by atoms with Crippen LogP contribution in [0.25, 0.3) is 11.3 Å². The Morgan fingerprint density at radius 2 is 2.03 bits per heavy atom. The molecule has 2 aromatic rings. The number of hydrogen-bond donors (Lipinski definition) is 2. The van der Waals surface area contributed by atoms with Crippen LogP contribution in [0, 0.1) is 5.92 Å². The van der Waals surface area contributed by atoms with E-state index in [1.165, 1.54) is 12.8 Å². The SMILES string of the molecule is CC1CCN(c2ccc(-c3cccc(NC(=O)NCC4CCCO4)c3)nn2)CC1. The van der Waals surface area contributed by atoms with E-state index in [0.29, 0.717) is 6.54 Å². The predicted octanol–water partition coefficient (Wildman–Crippen LogP) is 3.68. The fourth-order valence-electron chi connectivity index (χ4n) is 3.83. The average Bonchev–Trinajstić information content (AvgIpc) is 3.27. The lowest BCUT2D eigenvalue weighted by atomic mass is 9.99. The Balaban J connectivity index is 1.35. The molecule has 29 heavy (non-hydrogen) atoms. The maximum Gasteiger partial charge on any atom is 0.319 e. The van der Waals surface area contributed by atoms with Gasteiger partial charge < -0.3 is 20.3 Å². The molecule has 2 saturated heterocycles. The summed E-state index contributed by atoms with van der Waals surface area (Å²) in [5.74, 6) is 1.72. The van der Waals surface area contributed by atoms with Crippen LogP contribution in [0.4, 0.5) is 16.3 Å². The van der Waals surface area contributed by atoms with Crippen LogP contribution in [0.2, 0.25) is 0 Å². The molecule has 1 atom stereocenters. The summed E-state index contributed by atoms with van der Waals surface area (Å²) in [5.41, 5.74) is 2.44. The number of ether oxygens (including phenoxy) is 1. The van der Waals surface area contributed by atoms with Crippen molar-refractivity contribution in [3.63, 3.8) is 0 Å². The minimum atomic E-state index is -0.224. The van der Waals surface area contributed by atoms with Crippen molar-refractivity contribution in [2.75, 3.05) is 36.5 Å². The highest BCUT2D eigenvalue weighted by Gasteiger charge is 2.18. The highest BCUT2D eigenvalue weighted by Crippen LogP contribution is 2.24. The number of hydrogen-bond acceptors (Lipinski definition) is 5. The zero-order valence-electron chi connectivity index (χ0n) is 16.9. The third-order valence-electron chi connectivity index (χ3n) is 5.69. The molecule has 2 amide bonds. The van der Waals surface area contributed by atoms with Gasteiger partial charge in [0.1, 0.15) is 0 Å². The number of nitrogens with one attached hydrogen (secondary N) is 2. The molecule has 4 rings (SSSR count). The highest BCUT2D eigenvalue weighted by molar-refractivity contribution is 5.90. The van der Waals surface area contributed by atoms with Gasteiger partial charge in [-0.3, -0.25) is 0 Å². The van der Waals surface area contributed by atoms with E-state index >= 15 is 0 Å². The first-order valence-electron chi connectivity index (χ1n) is 10.5. The zero-order valence-corrected chi connectivity index (χ0v) is 16.9. The summed E-state index contributed by atoms with van der Waals surface area (Å²) < 4.78 is 5.53. The minimum absolute atomic E-state index is 0.129. The first-order valence-corrected chi connectivity index (χ1v) is 10.5. The van der Waals surface area contributed by atoms with Crippen LogP contribution in [-0.2, 0) is 4.74 Å². The molecule has 0 bridgehead atoms. The Hall–Kier alpha value is -2.67. The van der Waals surface area contributed by atoms with Crippen molar-refractivity contribution in [3.05, 3.63) is 36.4 Å². The number of nitrogens with zero attached hydrogens (tertiary/aromatic N) is 3. The summed E-state index contributed by atoms with van der Waals surface area (Å²) in [7, 11) is 0. The number of carbonyl (C=O) groups excluding carboxylic acids is 1. The van der Waals surface area contributed by atoms with Gasteiger partial charge in [-0.25, -0.2) is 4.79 Å². The number of rotatable bonds is 5. The molecule has 1 unspecified atom stereocenters. The largest absolute Gasteiger partial charge is 0.376 e. The van der Waals surface area contributed by atoms with Crippen molar-refractivity contribution >= 4 is 17.5 Å². The van der Waals surface area contributed by atoms with E-state index in [1.807, 2.05) is 36.4 Å². The lowest BCUT2D eigenvalue weighted by molar-refractivity contribution is 0.112. The first-order chi connectivity index (χ1) is 14.2. The number of piperidine rings is 1. The zero-order chi connectivity index (χ0) is 20.1. The highest BCUT2D eigenvalue weighted by atomic mass is 16.5. The molecule has 3 heterocycles.